The molecule has 1 aromatic rings. The van der Waals surface area contributed by atoms with Crippen molar-refractivity contribution in [3.05, 3.63) is 34.8 Å². The SMILES string of the molecule is C=CC(C)Sc1nnc(C2=CCCCC2)c(=O)n1C. The highest BCUT2D eigenvalue weighted by Crippen LogP contribution is 2.24. The Kier molecular flexibility index (Phi) is 4.58. The lowest BCUT2D eigenvalue weighted by atomic mass is 9.97. The Morgan fingerprint density at radius 2 is 2.26 bits per heavy atom. The zero-order valence-corrected chi connectivity index (χ0v) is 12.2. The summed E-state index contributed by atoms with van der Waals surface area (Å²) in [5, 5.41) is 9.18. The maximum atomic E-state index is 12.3. The van der Waals surface area contributed by atoms with E-state index in [1.807, 2.05) is 13.0 Å². The molecule has 1 atom stereocenters. The van der Waals surface area contributed by atoms with Crippen LogP contribution in [0.25, 0.3) is 5.57 Å². The Hall–Kier alpha value is -1.36. The molecule has 0 aromatic carbocycles. The van der Waals surface area contributed by atoms with Gasteiger partial charge in [-0.3, -0.25) is 9.36 Å². The van der Waals surface area contributed by atoms with E-state index in [1.165, 1.54) is 18.2 Å². The third kappa shape index (κ3) is 3.15. The molecule has 0 saturated carbocycles. The standard InChI is InChI=1S/C14H19N3OS/c1-4-10(2)19-14-16-15-12(13(18)17(14)3)11-8-6-5-7-9-11/h4,8,10H,1,5-7,9H2,2-3H3. The van der Waals surface area contributed by atoms with Gasteiger partial charge in [-0.1, -0.05) is 23.9 Å². The third-order valence-electron chi connectivity index (χ3n) is 3.25. The predicted molar refractivity (Wildman–Crippen MR) is 79.2 cm³/mol. The van der Waals surface area contributed by atoms with E-state index in [9.17, 15) is 4.79 Å². The van der Waals surface area contributed by atoms with E-state index in [1.54, 1.807) is 11.6 Å². The van der Waals surface area contributed by atoms with Crippen LogP contribution in [0.3, 0.4) is 0 Å². The lowest BCUT2D eigenvalue weighted by Gasteiger charge is -2.13. The summed E-state index contributed by atoms with van der Waals surface area (Å²) in [4.78, 5) is 12.3. The Morgan fingerprint density at radius 1 is 1.47 bits per heavy atom. The van der Waals surface area contributed by atoms with Gasteiger partial charge in [-0.2, -0.15) is 0 Å². The number of hydrogen-bond acceptors (Lipinski definition) is 4. The van der Waals surface area contributed by atoms with Gasteiger partial charge in [0, 0.05) is 12.3 Å². The summed E-state index contributed by atoms with van der Waals surface area (Å²) in [5.74, 6) is 0. The van der Waals surface area contributed by atoms with Crippen molar-refractivity contribution in [2.75, 3.05) is 0 Å². The first-order chi connectivity index (χ1) is 9.13. The number of nitrogens with zero attached hydrogens (tertiary/aromatic N) is 3. The van der Waals surface area contributed by atoms with Crippen LogP contribution in [-0.4, -0.2) is 20.0 Å². The monoisotopic (exact) mass is 277 g/mol. The van der Waals surface area contributed by atoms with E-state index in [0.29, 0.717) is 10.9 Å². The van der Waals surface area contributed by atoms with E-state index in [4.69, 9.17) is 0 Å². The van der Waals surface area contributed by atoms with Crippen molar-refractivity contribution in [1.29, 1.82) is 0 Å². The molecule has 1 aliphatic carbocycles. The zero-order valence-electron chi connectivity index (χ0n) is 11.4. The summed E-state index contributed by atoms with van der Waals surface area (Å²) in [7, 11) is 1.75. The van der Waals surface area contributed by atoms with Gasteiger partial charge in [0.05, 0.1) is 0 Å². The summed E-state index contributed by atoms with van der Waals surface area (Å²) >= 11 is 1.49. The van der Waals surface area contributed by atoms with Gasteiger partial charge >= 0.3 is 0 Å². The van der Waals surface area contributed by atoms with Gasteiger partial charge in [0.15, 0.2) is 10.9 Å². The van der Waals surface area contributed by atoms with Crippen LogP contribution in [-0.2, 0) is 7.05 Å². The Balaban J connectivity index is 2.34. The van der Waals surface area contributed by atoms with Crippen LogP contribution in [0.4, 0.5) is 0 Å². The molecule has 102 valence electrons. The molecular formula is C14H19N3OS. The molecule has 2 rings (SSSR count). The molecule has 4 nitrogen and oxygen atoms in total. The maximum Gasteiger partial charge on any atom is 0.280 e. The third-order valence-corrected chi connectivity index (χ3v) is 4.38. The minimum Gasteiger partial charge on any atom is -0.287 e. The number of hydrogen-bond donors (Lipinski definition) is 0. The van der Waals surface area contributed by atoms with Crippen LogP contribution in [0.5, 0.6) is 0 Å². The lowest BCUT2D eigenvalue weighted by molar-refractivity contribution is 0.647. The fourth-order valence-corrected chi connectivity index (χ4v) is 2.78. The molecule has 0 aliphatic heterocycles. The Morgan fingerprint density at radius 3 is 2.89 bits per heavy atom. The molecular weight excluding hydrogens is 258 g/mol. The lowest BCUT2D eigenvalue weighted by Crippen LogP contribution is -2.26. The second-order valence-corrected chi connectivity index (χ2v) is 6.07. The minimum absolute atomic E-state index is 0.0538. The normalized spacial score (nSPS) is 16.8. The minimum atomic E-state index is -0.0538. The van der Waals surface area contributed by atoms with E-state index >= 15 is 0 Å². The van der Waals surface area contributed by atoms with Crippen molar-refractivity contribution in [3.8, 4) is 0 Å². The highest BCUT2D eigenvalue weighted by molar-refractivity contribution is 7.99. The van der Waals surface area contributed by atoms with Crippen molar-refractivity contribution in [1.82, 2.24) is 14.8 Å². The van der Waals surface area contributed by atoms with Gasteiger partial charge in [-0.25, -0.2) is 0 Å². The van der Waals surface area contributed by atoms with Crippen molar-refractivity contribution in [2.24, 2.45) is 7.05 Å². The predicted octanol–water partition coefficient (Wildman–Crippen LogP) is 2.80. The molecule has 19 heavy (non-hydrogen) atoms. The highest BCUT2D eigenvalue weighted by Gasteiger charge is 2.16. The molecule has 0 N–H and O–H groups in total. The largest absolute Gasteiger partial charge is 0.287 e. The summed E-state index contributed by atoms with van der Waals surface area (Å²) in [6.07, 6.45) is 8.23. The molecule has 1 aliphatic rings. The summed E-state index contributed by atoms with van der Waals surface area (Å²) < 4.78 is 1.59. The Bertz CT molecular complexity index is 562. The molecule has 0 fully saturated rings. The second kappa shape index (κ2) is 6.19. The zero-order chi connectivity index (χ0) is 13.8. The summed E-state index contributed by atoms with van der Waals surface area (Å²) in [6.45, 7) is 5.75. The molecule has 1 unspecified atom stereocenters. The summed E-state index contributed by atoms with van der Waals surface area (Å²) in [6, 6.07) is 0. The Labute approximate surface area is 117 Å². The number of rotatable bonds is 4. The molecule has 0 amide bonds. The number of allylic oxidation sites excluding steroid dienone is 2. The second-order valence-electron chi connectivity index (χ2n) is 4.73. The molecule has 5 heteroatoms. The highest BCUT2D eigenvalue weighted by atomic mass is 32.2. The first kappa shape index (κ1) is 14.1. The first-order valence-electron chi connectivity index (χ1n) is 6.56. The number of aromatic nitrogens is 3. The smallest absolute Gasteiger partial charge is 0.280 e. The maximum absolute atomic E-state index is 12.3. The van der Waals surface area contributed by atoms with Crippen molar-refractivity contribution in [3.63, 3.8) is 0 Å². The van der Waals surface area contributed by atoms with E-state index < -0.39 is 0 Å². The quantitative estimate of drug-likeness (QED) is 0.627. The van der Waals surface area contributed by atoms with Crippen molar-refractivity contribution >= 4 is 17.3 Å². The van der Waals surface area contributed by atoms with Crippen LogP contribution >= 0.6 is 11.8 Å². The molecule has 0 radical (unpaired) electrons. The molecule has 1 aromatic heterocycles. The van der Waals surface area contributed by atoms with Crippen LogP contribution in [0.1, 0.15) is 38.3 Å². The molecule has 0 bridgehead atoms. The van der Waals surface area contributed by atoms with Crippen LogP contribution < -0.4 is 5.56 Å². The average Bonchev–Trinajstić information content (AvgIpc) is 2.45. The molecule has 0 saturated heterocycles. The van der Waals surface area contributed by atoms with Gasteiger partial charge < -0.3 is 0 Å². The fraction of sp³-hybridized carbons (Fsp3) is 0.500. The van der Waals surface area contributed by atoms with E-state index in [-0.39, 0.29) is 10.8 Å². The van der Waals surface area contributed by atoms with Crippen LogP contribution in [0.2, 0.25) is 0 Å². The fourth-order valence-electron chi connectivity index (χ4n) is 2.02. The molecule has 1 heterocycles. The van der Waals surface area contributed by atoms with E-state index in [2.05, 4.69) is 22.9 Å². The van der Waals surface area contributed by atoms with Gasteiger partial charge in [0.25, 0.3) is 5.56 Å². The number of thioether (sulfide) groups is 1. The van der Waals surface area contributed by atoms with E-state index in [0.717, 1.165) is 24.8 Å². The van der Waals surface area contributed by atoms with Crippen molar-refractivity contribution in [2.45, 2.75) is 43.0 Å². The van der Waals surface area contributed by atoms with Crippen molar-refractivity contribution < 1.29 is 0 Å². The van der Waals surface area contributed by atoms with Gasteiger partial charge in [-0.05, 0) is 38.2 Å². The van der Waals surface area contributed by atoms with Crippen LogP contribution in [0.15, 0.2) is 28.7 Å². The van der Waals surface area contributed by atoms with Gasteiger partial charge in [-0.15, -0.1) is 16.8 Å². The van der Waals surface area contributed by atoms with Gasteiger partial charge in [0.2, 0.25) is 0 Å². The van der Waals surface area contributed by atoms with Gasteiger partial charge in [0.1, 0.15) is 0 Å². The summed E-state index contributed by atoms with van der Waals surface area (Å²) in [5.41, 5.74) is 1.51. The topological polar surface area (TPSA) is 47.8 Å². The van der Waals surface area contributed by atoms with Crippen LogP contribution in [0, 0.1) is 0 Å². The average molecular weight is 277 g/mol. The first-order valence-corrected chi connectivity index (χ1v) is 7.43. The molecule has 0 spiro atoms.